The van der Waals surface area contributed by atoms with Gasteiger partial charge in [-0.3, -0.25) is 4.79 Å². The third-order valence-corrected chi connectivity index (χ3v) is 4.91. The van der Waals surface area contributed by atoms with Gasteiger partial charge in [-0.05, 0) is 35.4 Å². The summed E-state index contributed by atoms with van der Waals surface area (Å²) >= 11 is 4.49. The lowest BCUT2D eigenvalue weighted by Gasteiger charge is -2.26. The number of ketones is 1. The van der Waals surface area contributed by atoms with Crippen molar-refractivity contribution in [3.8, 4) is 0 Å². The predicted octanol–water partition coefficient (Wildman–Crippen LogP) is 4.49. The SMILES string of the molecule is C=C1c2ccccc2C(=O)c2c(Nc3cccc(N)c3)cc(S)c(N)c21. The highest BCUT2D eigenvalue weighted by Gasteiger charge is 2.31. The van der Waals surface area contributed by atoms with E-state index in [2.05, 4.69) is 24.5 Å². The summed E-state index contributed by atoms with van der Waals surface area (Å²) in [7, 11) is 0. The number of nitrogens with one attached hydrogen (secondary N) is 1. The number of rotatable bonds is 2. The molecule has 0 radical (unpaired) electrons. The molecule has 1 aliphatic rings. The van der Waals surface area contributed by atoms with Gasteiger partial charge in [0.2, 0.25) is 0 Å². The molecule has 5 N–H and O–H groups in total. The van der Waals surface area contributed by atoms with Crippen LogP contribution in [0.4, 0.5) is 22.7 Å². The van der Waals surface area contributed by atoms with Crippen molar-refractivity contribution in [3.05, 3.63) is 83.4 Å². The molecule has 0 aliphatic heterocycles. The fourth-order valence-electron chi connectivity index (χ4n) is 3.32. The molecule has 0 fully saturated rings. The van der Waals surface area contributed by atoms with E-state index >= 15 is 0 Å². The normalized spacial score (nSPS) is 12.5. The number of anilines is 4. The number of fused-ring (bicyclic) bond motifs is 2. The Morgan fingerprint density at radius 3 is 2.38 bits per heavy atom. The Morgan fingerprint density at radius 2 is 1.65 bits per heavy atom. The highest BCUT2D eigenvalue weighted by Crippen LogP contribution is 2.44. The van der Waals surface area contributed by atoms with Crippen molar-refractivity contribution in [1.29, 1.82) is 0 Å². The second-order valence-electron chi connectivity index (χ2n) is 6.21. The standard InChI is InChI=1S/C21H17N3OS/c1-11-14-7-2-3-8-15(14)21(25)19-16(10-17(26)20(23)18(11)19)24-13-6-4-5-12(22)9-13/h2-10,24,26H,1,22-23H2. The van der Waals surface area contributed by atoms with Gasteiger partial charge >= 0.3 is 0 Å². The van der Waals surface area contributed by atoms with Crippen molar-refractivity contribution < 1.29 is 4.79 Å². The van der Waals surface area contributed by atoms with E-state index in [1.807, 2.05) is 30.3 Å². The van der Waals surface area contributed by atoms with Crippen molar-refractivity contribution in [2.75, 3.05) is 16.8 Å². The molecule has 0 saturated heterocycles. The number of benzene rings is 3. The zero-order chi connectivity index (χ0) is 18.4. The van der Waals surface area contributed by atoms with Crippen LogP contribution in [0, 0.1) is 0 Å². The quantitative estimate of drug-likeness (QED) is 0.314. The second-order valence-corrected chi connectivity index (χ2v) is 6.69. The van der Waals surface area contributed by atoms with Crippen LogP contribution < -0.4 is 16.8 Å². The molecule has 26 heavy (non-hydrogen) atoms. The van der Waals surface area contributed by atoms with Crippen LogP contribution in [0.2, 0.25) is 0 Å². The first kappa shape index (κ1) is 16.3. The molecule has 4 rings (SSSR count). The zero-order valence-corrected chi connectivity index (χ0v) is 14.8. The molecule has 5 heteroatoms. The van der Waals surface area contributed by atoms with Crippen LogP contribution in [0.1, 0.15) is 27.0 Å². The van der Waals surface area contributed by atoms with Gasteiger partial charge in [0.25, 0.3) is 0 Å². The van der Waals surface area contributed by atoms with E-state index in [4.69, 9.17) is 11.5 Å². The Morgan fingerprint density at radius 1 is 0.923 bits per heavy atom. The number of nitrogens with two attached hydrogens (primary N) is 2. The Balaban J connectivity index is 1.94. The third kappa shape index (κ3) is 2.45. The van der Waals surface area contributed by atoms with E-state index in [0.29, 0.717) is 38.6 Å². The molecule has 3 aromatic carbocycles. The van der Waals surface area contributed by atoms with E-state index < -0.39 is 0 Å². The first-order valence-electron chi connectivity index (χ1n) is 8.08. The molecule has 0 heterocycles. The van der Waals surface area contributed by atoms with Gasteiger partial charge in [-0.15, -0.1) is 12.6 Å². The minimum absolute atomic E-state index is 0.0885. The minimum atomic E-state index is -0.0885. The molecular weight excluding hydrogens is 342 g/mol. The van der Waals surface area contributed by atoms with Crippen LogP contribution in [0.25, 0.3) is 5.57 Å². The molecule has 128 valence electrons. The Kier molecular flexibility index (Phi) is 3.74. The van der Waals surface area contributed by atoms with E-state index in [9.17, 15) is 4.79 Å². The summed E-state index contributed by atoms with van der Waals surface area (Å²) in [4.78, 5) is 13.8. The van der Waals surface area contributed by atoms with Crippen molar-refractivity contribution in [3.63, 3.8) is 0 Å². The Bertz CT molecular complexity index is 1090. The molecular formula is C21H17N3OS. The summed E-state index contributed by atoms with van der Waals surface area (Å²) in [6.45, 7) is 4.18. The van der Waals surface area contributed by atoms with Gasteiger partial charge in [0.1, 0.15) is 0 Å². The molecule has 0 amide bonds. The van der Waals surface area contributed by atoms with Crippen LogP contribution in [0.3, 0.4) is 0 Å². The summed E-state index contributed by atoms with van der Waals surface area (Å²) in [5, 5.41) is 3.28. The average Bonchev–Trinajstić information content (AvgIpc) is 2.62. The molecule has 0 saturated carbocycles. The smallest absolute Gasteiger partial charge is 0.196 e. The highest BCUT2D eigenvalue weighted by molar-refractivity contribution is 7.80. The minimum Gasteiger partial charge on any atom is -0.399 e. The molecule has 0 atom stereocenters. The summed E-state index contributed by atoms with van der Waals surface area (Å²) in [6.07, 6.45) is 0. The highest BCUT2D eigenvalue weighted by atomic mass is 32.1. The Hall–Kier alpha value is -3.18. The van der Waals surface area contributed by atoms with E-state index in [1.165, 1.54) is 0 Å². The van der Waals surface area contributed by atoms with Gasteiger partial charge in [0.05, 0.1) is 16.9 Å². The topological polar surface area (TPSA) is 81.1 Å². The van der Waals surface area contributed by atoms with Crippen molar-refractivity contribution in [2.24, 2.45) is 0 Å². The van der Waals surface area contributed by atoms with E-state index in [0.717, 1.165) is 16.8 Å². The maximum Gasteiger partial charge on any atom is 0.196 e. The van der Waals surface area contributed by atoms with Crippen LogP contribution in [0.15, 0.2) is 66.1 Å². The summed E-state index contributed by atoms with van der Waals surface area (Å²) < 4.78 is 0. The fourth-order valence-corrected chi connectivity index (χ4v) is 3.56. The number of nitrogen functional groups attached to an aromatic ring is 2. The van der Waals surface area contributed by atoms with Crippen LogP contribution >= 0.6 is 12.6 Å². The molecule has 1 aliphatic carbocycles. The maximum atomic E-state index is 13.2. The summed E-state index contributed by atoms with van der Waals surface area (Å²) in [5.41, 5.74) is 17.9. The van der Waals surface area contributed by atoms with Gasteiger partial charge < -0.3 is 16.8 Å². The average molecular weight is 359 g/mol. The summed E-state index contributed by atoms with van der Waals surface area (Å²) in [6, 6.07) is 16.5. The fraction of sp³-hybridized carbons (Fsp3) is 0. The molecule has 0 aromatic heterocycles. The van der Waals surface area contributed by atoms with Crippen LogP contribution in [-0.4, -0.2) is 5.78 Å². The van der Waals surface area contributed by atoms with Crippen molar-refractivity contribution >= 4 is 46.7 Å². The maximum absolute atomic E-state index is 13.2. The van der Waals surface area contributed by atoms with Gasteiger partial charge in [-0.1, -0.05) is 36.9 Å². The van der Waals surface area contributed by atoms with Crippen molar-refractivity contribution in [1.82, 2.24) is 0 Å². The second kappa shape index (κ2) is 5.97. The lowest BCUT2D eigenvalue weighted by atomic mass is 9.80. The number of hydrogen-bond donors (Lipinski definition) is 4. The summed E-state index contributed by atoms with van der Waals surface area (Å²) in [5.74, 6) is -0.0885. The predicted molar refractivity (Wildman–Crippen MR) is 110 cm³/mol. The van der Waals surface area contributed by atoms with Gasteiger partial charge in [-0.2, -0.15) is 0 Å². The third-order valence-electron chi connectivity index (χ3n) is 4.54. The monoisotopic (exact) mass is 359 g/mol. The molecule has 3 aromatic rings. The Labute approximate surface area is 156 Å². The first-order valence-corrected chi connectivity index (χ1v) is 8.53. The van der Waals surface area contributed by atoms with Crippen LogP contribution in [0.5, 0.6) is 0 Å². The van der Waals surface area contributed by atoms with E-state index in [-0.39, 0.29) is 5.78 Å². The first-order chi connectivity index (χ1) is 12.5. The number of hydrogen-bond acceptors (Lipinski definition) is 5. The number of carbonyl (C=O) groups is 1. The molecule has 0 spiro atoms. The zero-order valence-electron chi connectivity index (χ0n) is 13.9. The number of thiol groups is 1. The lowest BCUT2D eigenvalue weighted by molar-refractivity contribution is 0.103. The van der Waals surface area contributed by atoms with E-state index in [1.54, 1.807) is 24.3 Å². The molecule has 4 nitrogen and oxygen atoms in total. The van der Waals surface area contributed by atoms with Gasteiger partial charge in [0.15, 0.2) is 5.78 Å². The van der Waals surface area contributed by atoms with Gasteiger partial charge in [-0.25, -0.2) is 0 Å². The lowest BCUT2D eigenvalue weighted by Crippen LogP contribution is -2.18. The molecule has 0 bridgehead atoms. The largest absolute Gasteiger partial charge is 0.399 e. The van der Waals surface area contributed by atoms with Crippen molar-refractivity contribution in [2.45, 2.75) is 4.90 Å². The molecule has 0 unspecified atom stereocenters. The van der Waals surface area contributed by atoms with Gasteiger partial charge in [0, 0.05) is 27.4 Å². The number of carbonyl (C=O) groups excluding carboxylic acids is 1. The van der Waals surface area contributed by atoms with Crippen LogP contribution in [-0.2, 0) is 0 Å².